The minimum atomic E-state index is -0.0976. The van der Waals surface area contributed by atoms with Crippen molar-refractivity contribution >= 4 is 23.5 Å². The van der Waals surface area contributed by atoms with E-state index in [4.69, 9.17) is 5.10 Å². The standard InChI is InChI=1S/C22H20N6O2/c29-20-9-8-19(25-26-20)28-13-17(21(27-28)14-4-2-1-3-5-14)16-10-11-23-18(12-16)24-22(30)15-6-7-15/h1-5,10-13,15H,6-9H2,(H,26,29)(H,23,24,30). The van der Waals surface area contributed by atoms with Crippen LogP contribution in [-0.4, -0.2) is 32.4 Å². The van der Waals surface area contributed by atoms with Crippen molar-refractivity contribution in [2.45, 2.75) is 25.7 Å². The van der Waals surface area contributed by atoms with E-state index in [9.17, 15) is 9.59 Å². The first kappa shape index (κ1) is 18.2. The van der Waals surface area contributed by atoms with Gasteiger partial charge in [-0.25, -0.2) is 15.1 Å². The summed E-state index contributed by atoms with van der Waals surface area (Å²) in [6.07, 6.45) is 6.36. The van der Waals surface area contributed by atoms with E-state index in [2.05, 4.69) is 20.8 Å². The molecule has 1 aliphatic carbocycles. The average Bonchev–Trinajstić information content (AvgIpc) is 3.54. The molecule has 0 unspecified atom stereocenters. The number of hydrogen-bond acceptors (Lipinski definition) is 5. The van der Waals surface area contributed by atoms with Crippen LogP contribution in [-0.2, 0) is 9.59 Å². The zero-order valence-corrected chi connectivity index (χ0v) is 16.2. The molecule has 1 aliphatic heterocycles. The van der Waals surface area contributed by atoms with E-state index < -0.39 is 0 Å². The molecule has 2 N–H and O–H groups in total. The van der Waals surface area contributed by atoms with Gasteiger partial charge < -0.3 is 5.32 Å². The van der Waals surface area contributed by atoms with E-state index in [1.54, 1.807) is 10.9 Å². The molecule has 0 atom stereocenters. The van der Waals surface area contributed by atoms with Crippen LogP contribution >= 0.6 is 0 Å². The van der Waals surface area contributed by atoms with Gasteiger partial charge in [-0.15, -0.1) is 0 Å². The molecule has 1 fully saturated rings. The summed E-state index contributed by atoms with van der Waals surface area (Å²) in [5, 5.41) is 11.8. The van der Waals surface area contributed by atoms with Crippen LogP contribution in [0.2, 0.25) is 0 Å². The number of anilines is 1. The number of benzene rings is 1. The van der Waals surface area contributed by atoms with Crippen molar-refractivity contribution in [2.75, 3.05) is 5.32 Å². The monoisotopic (exact) mass is 400 g/mol. The summed E-state index contributed by atoms with van der Waals surface area (Å²) in [5.41, 5.74) is 6.06. The third-order valence-electron chi connectivity index (χ3n) is 5.18. The van der Waals surface area contributed by atoms with Gasteiger partial charge in [0.15, 0.2) is 5.84 Å². The summed E-state index contributed by atoms with van der Waals surface area (Å²) in [4.78, 5) is 27.9. The Morgan fingerprint density at radius 1 is 1.10 bits per heavy atom. The second kappa shape index (κ2) is 7.55. The highest BCUT2D eigenvalue weighted by molar-refractivity contribution is 5.95. The first-order chi connectivity index (χ1) is 14.7. The second-order valence-electron chi connectivity index (χ2n) is 7.46. The average molecular weight is 400 g/mol. The van der Waals surface area contributed by atoms with E-state index in [0.717, 1.165) is 35.2 Å². The van der Waals surface area contributed by atoms with E-state index in [0.29, 0.717) is 24.5 Å². The molecule has 5 rings (SSSR count). The lowest BCUT2D eigenvalue weighted by Gasteiger charge is -2.11. The van der Waals surface area contributed by atoms with E-state index in [1.807, 2.05) is 48.7 Å². The number of pyridine rings is 1. The summed E-state index contributed by atoms with van der Waals surface area (Å²) in [6, 6.07) is 13.6. The number of hydrazone groups is 1. The lowest BCUT2D eigenvalue weighted by atomic mass is 10.0. The largest absolute Gasteiger partial charge is 0.310 e. The fourth-order valence-corrected chi connectivity index (χ4v) is 3.40. The Hall–Kier alpha value is -3.81. The molecule has 8 nitrogen and oxygen atoms in total. The number of rotatable bonds is 4. The zero-order chi connectivity index (χ0) is 20.5. The number of amides is 2. The van der Waals surface area contributed by atoms with Crippen LogP contribution in [0.25, 0.3) is 22.4 Å². The Morgan fingerprint density at radius 3 is 2.67 bits per heavy atom. The molecule has 1 aromatic carbocycles. The lowest BCUT2D eigenvalue weighted by Crippen LogP contribution is -2.29. The van der Waals surface area contributed by atoms with Gasteiger partial charge in [-0.05, 0) is 30.5 Å². The van der Waals surface area contributed by atoms with E-state index >= 15 is 0 Å². The lowest BCUT2D eigenvalue weighted by molar-refractivity contribution is -0.121. The molecule has 30 heavy (non-hydrogen) atoms. The molecule has 1 saturated carbocycles. The van der Waals surface area contributed by atoms with Crippen molar-refractivity contribution in [3.8, 4) is 22.4 Å². The quantitative estimate of drug-likeness (QED) is 0.703. The van der Waals surface area contributed by atoms with E-state index in [-0.39, 0.29) is 17.7 Å². The van der Waals surface area contributed by atoms with Crippen LogP contribution in [0.5, 0.6) is 0 Å². The number of nitrogens with zero attached hydrogens (tertiary/aromatic N) is 4. The smallest absolute Gasteiger partial charge is 0.240 e. The van der Waals surface area contributed by atoms with Crippen LogP contribution in [0.4, 0.5) is 5.82 Å². The molecule has 150 valence electrons. The van der Waals surface area contributed by atoms with Gasteiger partial charge in [-0.2, -0.15) is 10.2 Å². The highest BCUT2D eigenvalue weighted by Gasteiger charge is 2.30. The van der Waals surface area contributed by atoms with Crippen LogP contribution in [0.15, 0.2) is 60.0 Å². The van der Waals surface area contributed by atoms with Gasteiger partial charge in [-0.3, -0.25) is 9.59 Å². The van der Waals surface area contributed by atoms with Gasteiger partial charge >= 0.3 is 0 Å². The molecule has 2 amide bonds. The van der Waals surface area contributed by atoms with Crippen molar-refractivity contribution in [1.82, 2.24) is 20.2 Å². The third-order valence-corrected chi connectivity index (χ3v) is 5.18. The molecule has 0 radical (unpaired) electrons. The van der Waals surface area contributed by atoms with Crippen LogP contribution in [0.3, 0.4) is 0 Å². The molecule has 8 heteroatoms. The SMILES string of the molecule is O=C1CCC(n2cc(-c3ccnc(NC(=O)C4CC4)c3)c(-c3ccccc3)n2)=NN1. The fourth-order valence-electron chi connectivity index (χ4n) is 3.40. The number of aromatic nitrogens is 3. The number of nitrogens with one attached hydrogen (secondary N) is 2. The second-order valence-corrected chi connectivity index (χ2v) is 7.46. The molecule has 3 aromatic rings. The first-order valence-electron chi connectivity index (χ1n) is 9.95. The normalized spacial score (nSPS) is 16.0. The molecule has 2 aromatic heterocycles. The molecular formula is C22H20N6O2. The van der Waals surface area contributed by atoms with Crippen molar-refractivity contribution in [3.63, 3.8) is 0 Å². The Labute approximate surface area is 173 Å². The molecule has 0 saturated heterocycles. The van der Waals surface area contributed by atoms with Gasteiger partial charge in [0.2, 0.25) is 11.8 Å². The van der Waals surface area contributed by atoms with Gasteiger partial charge in [0.05, 0.1) is 0 Å². The summed E-state index contributed by atoms with van der Waals surface area (Å²) < 4.78 is 1.71. The van der Waals surface area contributed by atoms with E-state index in [1.165, 1.54) is 0 Å². The predicted molar refractivity (Wildman–Crippen MR) is 112 cm³/mol. The summed E-state index contributed by atoms with van der Waals surface area (Å²) in [7, 11) is 0. The molecule has 0 spiro atoms. The number of carbonyl (C=O) groups is 2. The minimum Gasteiger partial charge on any atom is -0.310 e. The minimum absolute atomic E-state index is 0.0194. The van der Waals surface area contributed by atoms with Crippen LogP contribution in [0, 0.1) is 5.92 Å². The van der Waals surface area contributed by atoms with Gasteiger partial charge in [0.1, 0.15) is 11.5 Å². The highest BCUT2D eigenvalue weighted by Crippen LogP contribution is 2.33. The maximum absolute atomic E-state index is 12.1. The summed E-state index contributed by atoms with van der Waals surface area (Å²) in [5.74, 6) is 1.23. The Bertz CT molecular complexity index is 1150. The Balaban J connectivity index is 1.55. The molecule has 0 bridgehead atoms. The maximum atomic E-state index is 12.1. The van der Waals surface area contributed by atoms with Crippen molar-refractivity contribution in [1.29, 1.82) is 0 Å². The van der Waals surface area contributed by atoms with Gasteiger partial charge in [0.25, 0.3) is 0 Å². The topological polar surface area (TPSA) is 101 Å². The van der Waals surface area contributed by atoms with Crippen molar-refractivity contribution < 1.29 is 9.59 Å². The summed E-state index contributed by atoms with van der Waals surface area (Å²) >= 11 is 0. The van der Waals surface area contributed by atoms with Gasteiger partial charge in [0, 0.05) is 42.3 Å². The van der Waals surface area contributed by atoms with Gasteiger partial charge in [-0.1, -0.05) is 30.3 Å². The fraction of sp³-hybridized carbons (Fsp3) is 0.227. The van der Waals surface area contributed by atoms with Crippen molar-refractivity contribution in [3.05, 3.63) is 54.9 Å². The number of hydrogen-bond donors (Lipinski definition) is 2. The highest BCUT2D eigenvalue weighted by atomic mass is 16.2. The Morgan fingerprint density at radius 2 is 1.93 bits per heavy atom. The molecular weight excluding hydrogens is 380 g/mol. The molecule has 3 heterocycles. The molecule has 2 aliphatic rings. The zero-order valence-electron chi connectivity index (χ0n) is 16.2. The van der Waals surface area contributed by atoms with Crippen molar-refractivity contribution in [2.24, 2.45) is 11.0 Å². The summed E-state index contributed by atoms with van der Waals surface area (Å²) in [6.45, 7) is 0. The maximum Gasteiger partial charge on any atom is 0.240 e. The van der Waals surface area contributed by atoms with Crippen LogP contribution < -0.4 is 10.7 Å². The predicted octanol–water partition coefficient (Wildman–Crippen LogP) is 3.03. The third kappa shape index (κ3) is 3.71. The Kier molecular flexibility index (Phi) is 4.59. The number of carbonyl (C=O) groups excluding carboxylic acids is 2. The van der Waals surface area contributed by atoms with Crippen LogP contribution in [0.1, 0.15) is 25.7 Å². The first-order valence-corrected chi connectivity index (χ1v) is 9.95.